The maximum Gasteiger partial charge on any atom is 0.231 e. The number of benzene rings is 2. The molecule has 0 aliphatic heterocycles. The molecule has 0 bridgehead atoms. The molecule has 3 N–H and O–H groups in total. The number of amides is 1. The summed E-state index contributed by atoms with van der Waals surface area (Å²) in [5.41, 5.74) is 7.27. The van der Waals surface area contributed by atoms with E-state index in [2.05, 4.69) is 5.32 Å². The van der Waals surface area contributed by atoms with Gasteiger partial charge in [-0.3, -0.25) is 4.79 Å². The molecule has 24 heavy (non-hydrogen) atoms. The van der Waals surface area contributed by atoms with Crippen molar-refractivity contribution in [3.05, 3.63) is 65.5 Å². The van der Waals surface area contributed by atoms with Crippen molar-refractivity contribution >= 4 is 18.3 Å². The molecule has 1 fully saturated rings. The van der Waals surface area contributed by atoms with Gasteiger partial charge in [-0.2, -0.15) is 0 Å². The number of hydrogen-bond acceptors (Lipinski definition) is 3. The zero-order valence-electron chi connectivity index (χ0n) is 13.1. The van der Waals surface area contributed by atoms with Gasteiger partial charge < -0.3 is 15.8 Å². The van der Waals surface area contributed by atoms with Crippen molar-refractivity contribution in [2.75, 3.05) is 6.54 Å². The van der Waals surface area contributed by atoms with Gasteiger partial charge in [-0.05, 0) is 41.8 Å². The summed E-state index contributed by atoms with van der Waals surface area (Å²) in [6, 6.07) is 14.5. The van der Waals surface area contributed by atoms with Crippen molar-refractivity contribution in [3.8, 4) is 5.75 Å². The van der Waals surface area contributed by atoms with Gasteiger partial charge in [0.25, 0.3) is 0 Å². The van der Waals surface area contributed by atoms with Crippen molar-refractivity contribution in [2.24, 2.45) is 5.73 Å². The molecule has 1 saturated carbocycles. The van der Waals surface area contributed by atoms with E-state index < -0.39 is 0 Å². The molecule has 0 aromatic heterocycles. The van der Waals surface area contributed by atoms with Gasteiger partial charge in [-0.1, -0.05) is 24.3 Å². The maximum atomic E-state index is 12.8. The van der Waals surface area contributed by atoms with E-state index in [0.29, 0.717) is 18.6 Å². The second-order valence-corrected chi connectivity index (χ2v) is 5.78. The average Bonchev–Trinajstić information content (AvgIpc) is 3.33. The van der Waals surface area contributed by atoms with Crippen LogP contribution in [0.5, 0.6) is 5.75 Å². The van der Waals surface area contributed by atoms with Gasteiger partial charge in [0.1, 0.15) is 18.2 Å². The van der Waals surface area contributed by atoms with Crippen molar-refractivity contribution in [1.29, 1.82) is 0 Å². The summed E-state index contributed by atoms with van der Waals surface area (Å²) < 4.78 is 18.5. The molecule has 1 aliphatic rings. The molecule has 2 aromatic rings. The lowest BCUT2D eigenvalue weighted by Crippen LogP contribution is -2.30. The predicted octanol–water partition coefficient (Wildman–Crippen LogP) is 2.76. The number of carbonyl (C=O) groups is 1. The van der Waals surface area contributed by atoms with Crippen molar-refractivity contribution < 1.29 is 13.9 Å². The van der Waals surface area contributed by atoms with Crippen LogP contribution in [-0.4, -0.2) is 18.5 Å². The highest BCUT2D eigenvalue weighted by Crippen LogP contribution is 2.41. The molecule has 0 spiro atoms. The Morgan fingerprint density at radius 2 is 1.83 bits per heavy atom. The first-order chi connectivity index (χ1) is 11.1. The minimum Gasteiger partial charge on any atom is -0.489 e. The SMILES string of the molecule is Cl.NC(=O)CN[C@@H]1C[C@H]1c1ccc(OCc2ccc(F)cc2)cc1. The molecule has 0 saturated heterocycles. The summed E-state index contributed by atoms with van der Waals surface area (Å²) in [4.78, 5) is 10.7. The Hall–Kier alpha value is -2.11. The number of rotatable bonds is 7. The summed E-state index contributed by atoms with van der Waals surface area (Å²) >= 11 is 0. The second kappa shape index (κ2) is 8.13. The molecule has 2 atom stereocenters. The number of hydrogen-bond donors (Lipinski definition) is 2. The average molecular weight is 351 g/mol. The minimum atomic E-state index is -0.333. The largest absolute Gasteiger partial charge is 0.489 e. The third-order valence-corrected chi connectivity index (χ3v) is 3.96. The molecule has 0 unspecified atom stereocenters. The first-order valence-electron chi connectivity index (χ1n) is 7.61. The molecule has 6 heteroatoms. The lowest BCUT2D eigenvalue weighted by atomic mass is 10.1. The van der Waals surface area contributed by atoms with Gasteiger partial charge in [-0.15, -0.1) is 12.4 Å². The molecule has 3 rings (SSSR count). The van der Waals surface area contributed by atoms with Crippen LogP contribution in [0, 0.1) is 5.82 Å². The highest BCUT2D eigenvalue weighted by atomic mass is 35.5. The van der Waals surface area contributed by atoms with Crippen molar-refractivity contribution in [1.82, 2.24) is 5.32 Å². The lowest BCUT2D eigenvalue weighted by Gasteiger charge is -2.08. The summed E-state index contributed by atoms with van der Waals surface area (Å²) in [5, 5.41) is 3.13. The minimum absolute atomic E-state index is 0. The summed E-state index contributed by atoms with van der Waals surface area (Å²) in [5.74, 6) is 0.628. The molecule has 2 aromatic carbocycles. The third kappa shape index (κ3) is 4.94. The quantitative estimate of drug-likeness (QED) is 0.807. The Kier molecular flexibility index (Phi) is 6.17. The zero-order chi connectivity index (χ0) is 16.2. The lowest BCUT2D eigenvalue weighted by molar-refractivity contribution is -0.117. The fourth-order valence-electron chi connectivity index (χ4n) is 2.58. The van der Waals surface area contributed by atoms with Crippen molar-refractivity contribution in [3.63, 3.8) is 0 Å². The van der Waals surface area contributed by atoms with Gasteiger partial charge >= 0.3 is 0 Å². The molecular formula is C18H20ClFN2O2. The van der Waals surface area contributed by atoms with Crippen LogP contribution in [0.3, 0.4) is 0 Å². The molecular weight excluding hydrogens is 331 g/mol. The number of carbonyl (C=O) groups excluding carboxylic acids is 1. The van der Waals surface area contributed by atoms with E-state index >= 15 is 0 Å². The number of nitrogens with one attached hydrogen (secondary N) is 1. The van der Waals surface area contributed by atoms with E-state index in [9.17, 15) is 9.18 Å². The molecule has 128 valence electrons. The van der Waals surface area contributed by atoms with Gasteiger partial charge in [0.2, 0.25) is 5.91 Å². The van der Waals surface area contributed by atoms with Gasteiger partial charge in [0.15, 0.2) is 0 Å². The first-order valence-corrected chi connectivity index (χ1v) is 7.61. The standard InChI is InChI=1S/C18H19FN2O2.ClH/c19-14-5-1-12(2-6-14)11-23-15-7-3-13(4-8-15)16-9-17(16)21-10-18(20)22;/h1-8,16-17,21H,9-11H2,(H2,20,22);1H/t16-,17+;/m0./s1. The van der Waals surface area contributed by atoms with Gasteiger partial charge in [0, 0.05) is 12.0 Å². The number of halogens is 2. The molecule has 0 radical (unpaired) electrons. The van der Waals surface area contributed by atoms with E-state index in [1.54, 1.807) is 12.1 Å². The van der Waals surface area contributed by atoms with Crippen LogP contribution in [-0.2, 0) is 11.4 Å². The number of ether oxygens (including phenoxy) is 1. The van der Waals surface area contributed by atoms with E-state index in [4.69, 9.17) is 10.5 Å². The molecule has 0 heterocycles. The van der Waals surface area contributed by atoms with Gasteiger partial charge in [-0.25, -0.2) is 4.39 Å². The Morgan fingerprint density at radius 1 is 1.17 bits per heavy atom. The summed E-state index contributed by atoms with van der Waals surface area (Å²) in [6.07, 6.45) is 1.02. The normalized spacial score (nSPS) is 18.5. The fourth-order valence-corrected chi connectivity index (χ4v) is 2.58. The van der Waals surface area contributed by atoms with Crippen LogP contribution in [0.1, 0.15) is 23.5 Å². The van der Waals surface area contributed by atoms with Crippen LogP contribution >= 0.6 is 12.4 Å². The topological polar surface area (TPSA) is 64.4 Å². The Morgan fingerprint density at radius 3 is 2.46 bits per heavy atom. The zero-order valence-corrected chi connectivity index (χ0v) is 13.9. The Bertz CT molecular complexity index is 676. The highest BCUT2D eigenvalue weighted by molar-refractivity contribution is 5.85. The maximum absolute atomic E-state index is 12.8. The monoisotopic (exact) mass is 350 g/mol. The van der Waals surface area contributed by atoms with Crippen LogP contribution < -0.4 is 15.8 Å². The van der Waals surface area contributed by atoms with E-state index in [0.717, 1.165) is 17.7 Å². The molecule has 1 aliphatic carbocycles. The van der Waals surface area contributed by atoms with Crippen LogP contribution in [0.4, 0.5) is 4.39 Å². The van der Waals surface area contributed by atoms with Crippen molar-refractivity contribution in [2.45, 2.75) is 25.0 Å². The Labute approximate surface area is 146 Å². The highest BCUT2D eigenvalue weighted by Gasteiger charge is 2.37. The van der Waals surface area contributed by atoms with Crippen LogP contribution in [0.15, 0.2) is 48.5 Å². The number of primary amides is 1. The third-order valence-electron chi connectivity index (χ3n) is 3.96. The van der Waals surface area contributed by atoms with E-state index in [-0.39, 0.29) is 30.7 Å². The van der Waals surface area contributed by atoms with Crippen LogP contribution in [0.2, 0.25) is 0 Å². The molecule has 1 amide bonds. The van der Waals surface area contributed by atoms with Crippen LogP contribution in [0.25, 0.3) is 0 Å². The fraction of sp³-hybridized carbons (Fsp3) is 0.278. The first kappa shape index (κ1) is 18.2. The smallest absolute Gasteiger partial charge is 0.231 e. The predicted molar refractivity (Wildman–Crippen MR) is 92.8 cm³/mol. The molecule has 4 nitrogen and oxygen atoms in total. The Balaban J connectivity index is 0.00000208. The van der Waals surface area contributed by atoms with Gasteiger partial charge in [0.05, 0.1) is 6.54 Å². The summed E-state index contributed by atoms with van der Waals surface area (Å²) in [6.45, 7) is 0.631. The summed E-state index contributed by atoms with van der Waals surface area (Å²) in [7, 11) is 0. The van der Waals surface area contributed by atoms with E-state index in [1.165, 1.54) is 17.7 Å². The second-order valence-electron chi connectivity index (χ2n) is 5.78. The van der Waals surface area contributed by atoms with E-state index in [1.807, 2.05) is 24.3 Å². The number of nitrogens with two attached hydrogens (primary N) is 1.